The fourth-order valence-electron chi connectivity index (χ4n) is 2.21. The third-order valence-electron chi connectivity index (χ3n) is 3.37. The molecule has 0 radical (unpaired) electrons. The molecule has 6 nitrogen and oxygen atoms in total. The molecule has 2 N–H and O–H groups in total. The Hall–Kier alpha value is -3.30. The summed E-state index contributed by atoms with van der Waals surface area (Å²) >= 11 is 6.03. The van der Waals surface area contributed by atoms with Crippen molar-refractivity contribution in [1.29, 1.82) is 5.26 Å². The quantitative estimate of drug-likeness (QED) is 0.704. The first-order valence-electron chi connectivity index (χ1n) is 7.39. The largest absolute Gasteiger partial charge is 0.495 e. The minimum atomic E-state index is 0.375. The maximum absolute atomic E-state index is 9.17. The molecule has 124 valence electrons. The van der Waals surface area contributed by atoms with E-state index in [1.807, 2.05) is 18.2 Å². The smallest absolute Gasteiger partial charge is 0.229 e. The summed E-state index contributed by atoms with van der Waals surface area (Å²) in [6.45, 7) is 0. The Bertz CT molecular complexity index is 939. The van der Waals surface area contributed by atoms with Crippen molar-refractivity contribution in [2.24, 2.45) is 0 Å². The number of aromatic nitrogens is 2. The van der Waals surface area contributed by atoms with Crippen molar-refractivity contribution >= 4 is 34.7 Å². The number of para-hydroxylation sites is 1. The van der Waals surface area contributed by atoms with Crippen molar-refractivity contribution in [3.05, 3.63) is 65.3 Å². The minimum absolute atomic E-state index is 0.375. The summed E-state index contributed by atoms with van der Waals surface area (Å²) in [5.41, 5.74) is 1.87. The predicted molar refractivity (Wildman–Crippen MR) is 97.8 cm³/mol. The van der Waals surface area contributed by atoms with Gasteiger partial charge in [0.1, 0.15) is 17.6 Å². The lowest BCUT2D eigenvalue weighted by Gasteiger charge is -2.12. The van der Waals surface area contributed by atoms with Gasteiger partial charge in [0.15, 0.2) is 0 Å². The third kappa shape index (κ3) is 3.97. The fraction of sp³-hybridized carbons (Fsp3) is 0.0556. The molecule has 7 heteroatoms. The molecule has 1 heterocycles. The van der Waals surface area contributed by atoms with Gasteiger partial charge in [0.05, 0.1) is 24.0 Å². The van der Waals surface area contributed by atoms with E-state index in [1.54, 1.807) is 43.6 Å². The van der Waals surface area contributed by atoms with Crippen LogP contribution in [0.15, 0.2) is 54.7 Å². The minimum Gasteiger partial charge on any atom is -0.495 e. The first kappa shape index (κ1) is 16.6. The second kappa shape index (κ2) is 7.51. The van der Waals surface area contributed by atoms with Gasteiger partial charge in [-0.2, -0.15) is 10.2 Å². The van der Waals surface area contributed by atoms with E-state index in [-0.39, 0.29) is 0 Å². The van der Waals surface area contributed by atoms with Gasteiger partial charge < -0.3 is 15.4 Å². The van der Waals surface area contributed by atoms with Crippen LogP contribution in [0.1, 0.15) is 5.56 Å². The van der Waals surface area contributed by atoms with Crippen LogP contribution in [0, 0.1) is 11.3 Å². The average Bonchev–Trinajstić information content (AvgIpc) is 2.63. The topological polar surface area (TPSA) is 82.9 Å². The van der Waals surface area contributed by atoms with Gasteiger partial charge in [-0.15, -0.1) is 0 Å². The summed E-state index contributed by atoms with van der Waals surface area (Å²) in [7, 11) is 1.58. The van der Waals surface area contributed by atoms with Crippen LogP contribution in [0.3, 0.4) is 0 Å². The second-order valence-electron chi connectivity index (χ2n) is 5.02. The highest BCUT2D eigenvalue weighted by Gasteiger charge is 2.08. The summed E-state index contributed by atoms with van der Waals surface area (Å²) in [6.07, 6.45) is 1.61. The van der Waals surface area contributed by atoms with E-state index in [9.17, 15) is 0 Å². The van der Waals surface area contributed by atoms with Crippen LogP contribution < -0.4 is 15.4 Å². The van der Waals surface area contributed by atoms with E-state index in [4.69, 9.17) is 21.6 Å². The molecule has 0 aliphatic carbocycles. The molecule has 25 heavy (non-hydrogen) atoms. The zero-order valence-electron chi connectivity index (χ0n) is 13.3. The molecular weight excluding hydrogens is 338 g/mol. The normalized spacial score (nSPS) is 9.96. The number of anilines is 4. The van der Waals surface area contributed by atoms with Gasteiger partial charge in [-0.1, -0.05) is 23.7 Å². The SMILES string of the molecule is COc1ccc(Cl)cc1Nc1nccc(Nc2ccccc2C#N)n1. The van der Waals surface area contributed by atoms with Crippen LogP contribution in [0.2, 0.25) is 5.02 Å². The van der Waals surface area contributed by atoms with E-state index in [0.717, 1.165) is 0 Å². The number of hydrogen-bond acceptors (Lipinski definition) is 6. The Labute approximate surface area is 150 Å². The van der Waals surface area contributed by atoms with Crippen LogP contribution in [0.25, 0.3) is 0 Å². The molecule has 1 aromatic heterocycles. The Morgan fingerprint density at radius 3 is 2.72 bits per heavy atom. The molecule has 0 amide bonds. The van der Waals surface area contributed by atoms with Crippen molar-refractivity contribution in [1.82, 2.24) is 9.97 Å². The number of methoxy groups -OCH3 is 1. The molecule has 0 saturated carbocycles. The summed E-state index contributed by atoms with van der Waals surface area (Å²) in [4.78, 5) is 8.60. The molecule has 0 bridgehead atoms. The van der Waals surface area contributed by atoms with Crippen molar-refractivity contribution in [2.45, 2.75) is 0 Å². The average molecular weight is 352 g/mol. The molecule has 3 aromatic rings. The zero-order valence-corrected chi connectivity index (χ0v) is 14.1. The van der Waals surface area contributed by atoms with Gasteiger partial charge in [0.25, 0.3) is 0 Å². The monoisotopic (exact) mass is 351 g/mol. The first-order chi connectivity index (χ1) is 12.2. The highest BCUT2D eigenvalue weighted by atomic mass is 35.5. The maximum atomic E-state index is 9.17. The van der Waals surface area contributed by atoms with Crippen molar-refractivity contribution in [3.63, 3.8) is 0 Å². The molecule has 0 aliphatic heterocycles. The van der Waals surface area contributed by atoms with Crippen molar-refractivity contribution < 1.29 is 4.74 Å². The summed E-state index contributed by atoms with van der Waals surface area (Å²) < 4.78 is 5.30. The highest BCUT2D eigenvalue weighted by molar-refractivity contribution is 6.31. The number of nitrogens with zero attached hydrogens (tertiary/aromatic N) is 3. The summed E-state index contributed by atoms with van der Waals surface area (Å²) in [5, 5.41) is 15.9. The highest BCUT2D eigenvalue weighted by Crippen LogP contribution is 2.29. The van der Waals surface area contributed by atoms with Crippen LogP contribution in [-0.4, -0.2) is 17.1 Å². The van der Waals surface area contributed by atoms with E-state index in [2.05, 4.69) is 26.7 Å². The molecule has 0 fully saturated rings. The fourth-order valence-corrected chi connectivity index (χ4v) is 2.39. The van der Waals surface area contributed by atoms with Crippen LogP contribution in [-0.2, 0) is 0 Å². The molecular formula is C18H14ClN5O. The van der Waals surface area contributed by atoms with Crippen LogP contribution in [0.4, 0.5) is 23.1 Å². The lowest BCUT2D eigenvalue weighted by molar-refractivity contribution is 0.417. The Kier molecular flexibility index (Phi) is 4.97. The van der Waals surface area contributed by atoms with Gasteiger partial charge in [0.2, 0.25) is 5.95 Å². The van der Waals surface area contributed by atoms with Gasteiger partial charge >= 0.3 is 0 Å². The van der Waals surface area contributed by atoms with E-state index >= 15 is 0 Å². The van der Waals surface area contributed by atoms with Crippen LogP contribution >= 0.6 is 11.6 Å². The number of hydrogen-bond donors (Lipinski definition) is 2. The number of rotatable bonds is 5. The first-order valence-corrected chi connectivity index (χ1v) is 7.77. The van der Waals surface area contributed by atoms with Crippen molar-refractivity contribution in [2.75, 3.05) is 17.7 Å². The number of halogens is 1. The Balaban J connectivity index is 1.85. The van der Waals surface area contributed by atoms with Crippen LogP contribution in [0.5, 0.6) is 5.75 Å². The number of ether oxygens (including phenoxy) is 1. The second-order valence-corrected chi connectivity index (χ2v) is 5.45. The van der Waals surface area contributed by atoms with Crippen molar-refractivity contribution in [3.8, 4) is 11.8 Å². The van der Waals surface area contributed by atoms with E-state index in [0.29, 0.717) is 39.5 Å². The third-order valence-corrected chi connectivity index (χ3v) is 3.61. The Morgan fingerprint density at radius 2 is 1.92 bits per heavy atom. The number of nitriles is 1. The molecule has 3 rings (SSSR count). The predicted octanol–water partition coefficient (Wildman–Crippen LogP) is 4.50. The number of benzene rings is 2. The molecule has 0 spiro atoms. The lowest BCUT2D eigenvalue weighted by atomic mass is 10.2. The van der Waals surface area contributed by atoms with Gasteiger partial charge in [-0.3, -0.25) is 0 Å². The lowest BCUT2D eigenvalue weighted by Crippen LogP contribution is -2.02. The molecule has 0 saturated heterocycles. The van der Waals surface area contributed by atoms with Gasteiger partial charge in [-0.25, -0.2) is 4.98 Å². The molecule has 0 aliphatic rings. The van der Waals surface area contributed by atoms with E-state index in [1.165, 1.54) is 0 Å². The van der Waals surface area contributed by atoms with E-state index < -0.39 is 0 Å². The summed E-state index contributed by atoms with van der Waals surface area (Å²) in [6, 6.07) is 16.3. The molecule has 0 unspecified atom stereocenters. The standard InChI is InChI=1S/C18H14ClN5O/c1-25-16-7-6-13(19)10-15(16)23-18-21-9-8-17(24-18)22-14-5-3-2-4-12(14)11-20/h2-10H,1H3,(H2,21,22,23,24). The van der Waals surface area contributed by atoms with Gasteiger partial charge in [0, 0.05) is 11.2 Å². The molecule has 0 atom stereocenters. The Morgan fingerprint density at radius 1 is 1.08 bits per heavy atom. The van der Waals surface area contributed by atoms with Gasteiger partial charge in [-0.05, 0) is 36.4 Å². The summed E-state index contributed by atoms with van der Waals surface area (Å²) in [5.74, 6) is 1.56. The molecule has 2 aromatic carbocycles. The number of nitrogens with one attached hydrogen (secondary N) is 2. The maximum Gasteiger partial charge on any atom is 0.229 e. The zero-order chi connectivity index (χ0) is 17.6.